The summed E-state index contributed by atoms with van der Waals surface area (Å²) < 4.78 is 28.8. The highest BCUT2D eigenvalue weighted by Gasteiger charge is 2.16. The first-order valence-corrected chi connectivity index (χ1v) is 8.26. The number of benzene rings is 1. The van der Waals surface area contributed by atoms with Gasteiger partial charge in [-0.1, -0.05) is 13.0 Å². The number of rotatable bonds is 6. The van der Waals surface area contributed by atoms with E-state index >= 15 is 0 Å². The summed E-state index contributed by atoms with van der Waals surface area (Å²) in [7, 11) is -3.68. The van der Waals surface area contributed by atoms with Gasteiger partial charge in [0.15, 0.2) is 0 Å². The second kappa shape index (κ2) is 6.28. The Kier molecular flexibility index (Phi) is 4.64. The molecule has 0 spiro atoms. The number of sulfonamides is 1. The minimum absolute atomic E-state index is 0.132. The maximum atomic E-state index is 12.3. The number of aliphatic hydroxyl groups is 1. The normalized spacial score (nSPS) is 11.6. The summed E-state index contributed by atoms with van der Waals surface area (Å²) >= 11 is 0. The van der Waals surface area contributed by atoms with Gasteiger partial charge in [0.2, 0.25) is 0 Å². The number of nitrogens with one attached hydrogen (secondary N) is 1. The molecule has 6 nitrogen and oxygen atoms in total. The number of hydrogen-bond donors (Lipinski definition) is 2. The van der Waals surface area contributed by atoms with Crippen LogP contribution < -0.4 is 4.72 Å². The lowest BCUT2D eigenvalue weighted by Crippen LogP contribution is -2.13. The summed E-state index contributed by atoms with van der Waals surface area (Å²) in [6, 6.07) is 4.78. The number of aryl methyl sites for hydroxylation is 2. The van der Waals surface area contributed by atoms with E-state index in [1.54, 1.807) is 23.0 Å². The summed E-state index contributed by atoms with van der Waals surface area (Å²) in [5, 5.41) is 13.4. The predicted octanol–water partition coefficient (Wildman–Crippen LogP) is 1.76. The molecular formula is C14H19N3O3S. The molecule has 0 aliphatic carbocycles. The third-order valence-corrected chi connectivity index (χ3v) is 4.63. The molecule has 2 N–H and O–H groups in total. The van der Waals surface area contributed by atoms with Crippen LogP contribution in [-0.4, -0.2) is 23.3 Å². The first-order chi connectivity index (χ1) is 10.00. The number of anilines is 1. The van der Waals surface area contributed by atoms with Crippen LogP contribution in [0.25, 0.3) is 0 Å². The van der Waals surface area contributed by atoms with Gasteiger partial charge in [-0.05, 0) is 36.6 Å². The monoisotopic (exact) mass is 309 g/mol. The molecule has 2 aromatic rings. The van der Waals surface area contributed by atoms with Crippen molar-refractivity contribution in [1.29, 1.82) is 0 Å². The summed E-state index contributed by atoms with van der Waals surface area (Å²) in [6.07, 6.45) is 3.84. The zero-order valence-electron chi connectivity index (χ0n) is 12.1. The molecule has 1 aromatic carbocycles. The Morgan fingerprint density at radius 1 is 1.29 bits per heavy atom. The molecule has 0 unspecified atom stereocenters. The van der Waals surface area contributed by atoms with Crippen molar-refractivity contribution in [3.8, 4) is 0 Å². The summed E-state index contributed by atoms with van der Waals surface area (Å²) in [4.78, 5) is 0.132. The maximum Gasteiger partial charge on any atom is 0.262 e. The van der Waals surface area contributed by atoms with Gasteiger partial charge in [0.1, 0.15) is 0 Å². The molecule has 0 saturated heterocycles. The average Bonchev–Trinajstić information content (AvgIpc) is 2.93. The first-order valence-electron chi connectivity index (χ1n) is 6.78. The fourth-order valence-electron chi connectivity index (χ4n) is 2.06. The van der Waals surface area contributed by atoms with Crippen molar-refractivity contribution in [2.45, 2.75) is 38.3 Å². The van der Waals surface area contributed by atoms with Crippen molar-refractivity contribution in [2.75, 3.05) is 4.72 Å². The SMILES string of the molecule is CCc1ccc(S(=O)(=O)Nc2cnn(CC)c2)cc1CO. The minimum atomic E-state index is -3.68. The van der Waals surface area contributed by atoms with Gasteiger partial charge < -0.3 is 5.11 Å². The maximum absolute atomic E-state index is 12.3. The Labute approximate surface area is 124 Å². The van der Waals surface area contributed by atoms with Gasteiger partial charge in [0.05, 0.1) is 23.4 Å². The molecule has 0 fully saturated rings. The predicted molar refractivity (Wildman–Crippen MR) is 80.5 cm³/mol. The van der Waals surface area contributed by atoms with Gasteiger partial charge in [0, 0.05) is 12.7 Å². The molecule has 0 amide bonds. The lowest BCUT2D eigenvalue weighted by atomic mass is 10.1. The molecular weight excluding hydrogens is 290 g/mol. The highest BCUT2D eigenvalue weighted by molar-refractivity contribution is 7.92. The van der Waals surface area contributed by atoms with Crippen LogP contribution in [0.2, 0.25) is 0 Å². The Morgan fingerprint density at radius 3 is 2.62 bits per heavy atom. The van der Waals surface area contributed by atoms with E-state index in [1.165, 1.54) is 12.3 Å². The molecule has 1 aromatic heterocycles. The van der Waals surface area contributed by atoms with E-state index in [-0.39, 0.29) is 11.5 Å². The van der Waals surface area contributed by atoms with Crippen molar-refractivity contribution >= 4 is 15.7 Å². The van der Waals surface area contributed by atoms with E-state index in [2.05, 4.69) is 9.82 Å². The molecule has 1 heterocycles. The molecule has 0 aliphatic heterocycles. The van der Waals surface area contributed by atoms with Crippen molar-refractivity contribution in [2.24, 2.45) is 0 Å². The van der Waals surface area contributed by atoms with Crippen LogP contribution in [0.3, 0.4) is 0 Å². The van der Waals surface area contributed by atoms with Crippen LogP contribution in [0.4, 0.5) is 5.69 Å². The lowest BCUT2D eigenvalue weighted by Gasteiger charge is -2.10. The first kappa shape index (κ1) is 15.5. The third-order valence-electron chi connectivity index (χ3n) is 3.25. The Balaban J connectivity index is 2.30. The van der Waals surface area contributed by atoms with Crippen molar-refractivity contribution < 1.29 is 13.5 Å². The van der Waals surface area contributed by atoms with Crippen molar-refractivity contribution in [3.05, 3.63) is 41.7 Å². The highest BCUT2D eigenvalue weighted by Crippen LogP contribution is 2.19. The molecule has 7 heteroatoms. The van der Waals surface area contributed by atoms with Gasteiger partial charge in [0.25, 0.3) is 10.0 Å². The van der Waals surface area contributed by atoms with Gasteiger partial charge in [-0.2, -0.15) is 5.10 Å². The van der Waals surface area contributed by atoms with Crippen LogP contribution in [-0.2, 0) is 29.6 Å². The van der Waals surface area contributed by atoms with Crippen LogP contribution in [0.5, 0.6) is 0 Å². The molecule has 21 heavy (non-hydrogen) atoms. The third kappa shape index (κ3) is 3.43. The lowest BCUT2D eigenvalue weighted by molar-refractivity contribution is 0.280. The second-order valence-electron chi connectivity index (χ2n) is 4.63. The number of aliphatic hydroxyl groups excluding tert-OH is 1. The molecule has 0 aliphatic rings. The van der Waals surface area contributed by atoms with Crippen LogP contribution in [0.1, 0.15) is 25.0 Å². The Bertz CT molecular complexity index is 723. The fraction of sp³-hybridized carbons (Fsp3) is 0.357. The fourth-order valence-corrected chi connectivity index (χ4v) is 3.14. The molecule has 0 atom stereocenters. The number of aromatic nitrogens is 2. The summed E-state index contributed by atoms with van der Waals surface area (Å²) in [6.45, 7) is 4.37. The molecule has 2 rings (SSSR count). The van der Waals surface area contributed by atoms with E-state index in [0.29, 0.717) is 17.8 Å². The summed E-state index contributed by atoms with van der Waals surface area (Å²) in [5.41, 5.74) is 1.99. The van der Waals surface area contributed by atoms with E-state index in [1.807, 2.05) is 13.8 Å². The van der Waals surface area contributed by atoms with Gasteiger partial charge in [-0.3, -0.25) is 9.40 Å². The number of hydrogen-bond acceptors (Lipinski definition) is 4. The second-order valence-corrected chi connectivity index (χ2v) is 6.31. The number of nitrogens with zero attached hydrogens (tertiary/aromatic N) is 2. The van der Waals surface area contributed by atoms with Gasteiger partial charge >= 0.3 is 0 Å². The Morgan fingerprint density at radius 2 is 2.05 bits per heavy atom. The quantitative estimate of drug-likeness (QED) is 0.851. The zero-order chi connectivity index (χ0) is 15.5. The summed E-state index contributed by atoms with van der Waals surface area (Å²) in [5.74, 6) is 0. The smallest absolute Gasteiger partial charge is 0.262 e. The van der Waals surface area contributed by atoms with E-state index < -0.39 is 10.0 Å². The standard InChI is InChI=1S/C14H19N3O3S/c1-3-11-5-6-14(7-12(11)10-18)21(19,20)16-13-8-15-17(4-2)9-13/h5-9,16,18H,3-4,10H2,1-2H3. The van der Waals surface area contributed by atoms with E-state index in [0.717, 1.165) is 12.0 Å². The topological polar surface area (TPSA) is 84.2 Å². The molecule has 0 radical (unpaired) electrons. The van der Waals surface area contributed by atoms with Crippen LogP contribution >= 0.6 is 0 Å². The zero-order valence-corrected chi connectivity index (χ0v) is 12.9. The van der Waals surface area contributed by atoms with Gasteiger partial charge in [-0.25, -0.2) is 8.42 Å². The largest absolute Gasteiger partial charge is 0.392 e. The van der Waals surface area contributed by atoms with Crippen molar-refractivity contribution in [1.82, 2.24) is 9.78 Å². The highest BCUT2D eigenvalue weighted by atomic mass is 32.2. The molecule has 0 saturated carbocycles. The van der Waals surface area contributed by atoms with E-state index in [4.69, 9.17) is 0 Å². The van der Waals surface area contributed by atoms with Crippen LogP contribution in [0.15, 0.2) is 35.5 Å². The minimum Gasteiger partial charge on any atom is -0.392 e. The van der Waals surface area contributed by atoms with Crippen LogP contribution in [0, 0.1) is 0 Å². The average molecular weight is 309 g/mol. The van der Waals surface area contributed by atoms with E-state index in [9.17, 15) is 13.5 Å². The molecule has 0 bridgehead atoms. The van der Waals surface area contributed by atoms with Crippen molar-refractivity contribution in [3.63, 3.8) is 0 Å². The Hall–Kier alpha value is -1.86. The molecule has 114 valence electrons. The van der Waals surface area contributed by atoms with Gasteiger partial charge in [-0.15, -0.1) is 0 Å².